The van der Waals surface area contributed by atoms with Crippen molar-refractivity contribution in [1.82, 2.24) is 0 Å². The number of rotatable bonds is 66. The van der Waals surface area contributed by atoms with E-state index >= 15 is 0 Å². The van der Waals surface area contributed by atoms with Crippen LogP contribution in [0.25, 0.3) is 0 Å². The molecule has 0 aliphatic heterocycles. The first-order valence-electron chi connectivity index (χ1n) is 36.4. The molecule has 17 nitrogen and oxygen atoms in total. The predicted octanol–water partition coefficient (Wildman–Crippen LogP) is 20.7. The molecule has 0 heterocycles. The molecule has 19 heteroatoms. The van der Waals surface area contributed by atoms with Gasteiger partial charge in [0.25, 0.3) is 0 Å². The normalized spacial score (nSPS) is 15.0. The number of phosphoric ester groups is 2. The van der Waals surface area contributed by atoms with E-state index in [-0.39, 0.29) is 25.7 Å². The molecule has 0 amide bonds. The Balaban J connectivity index is 5.49. The lowest BCUT2D eigenvalue weighted by atomic mass is 10.1. The van der Waals surface area contributed by atoms with E-state index in [1.807, 2.05) is 6.08 Å². The summed E-state index contributed by atoms with van der Waals surface area (Å²) in [6, 6.07) is 0. The highest BCUT2D eigenvalue weighted by molar-refractivity contribution is 7.47. The van der Waals surface area contributed by atoms with Crippen molar-refractivity contribution in [2.45, 2.75) is 264 Å². The summed E-state index contributed by atoms with van der Waals surface area (Å²) in [5, 5.41) is 10.6. The Labute approximate surface area is 591 Å². The molecule has 98 heavy (non-hydrogen) atoms. The molecule has 0 radical (unpaired) electrons. The van der Waals surface area contributed by atoms with E-state index < -0.39 is 97.5 Å². The molecule has 0 saturated heterocycles. The minimum atomic E-state index is -5.00. The smallest absolute Gasteiger partial charge is 0.462 e. The van der Waals surface area contributed by atoms with E-state index in [1.165, 1.54) is 0 Å². The van der Waals surface area contributed by atoms with Crippen LogP contribution in [0.5, 0.6) is 0 Å². The molecule has 0 fully saturated rings. The van der Waals surface area contributed by atoms with E-state index in [1.54, 1.807) is 0 Å². The van der Waals surface area contributed by atoms with Crippen LogP contribution >= 0.6 is 15.6 Å². The summed E-state index contributed by atoms with van der Waals surface area (Å²) in [7, 11) is -10.0. The van der Waals surface area contributed by atoms with E-state index in [4.69, 9.17) is 37.0 Å². The number of hydrogen-bond donors (Lipinski definition) is 3. The van der Waals surface area contributed by atoms with Crippen LogP contribution in [0.1, 0.15) is 246 Å². The van der Waals surface area contributed by atoms with E-state index in [2.05, 4.69) is 192 Å². The topological polar surface area (TPSA) is 237 Å². The molecule has 554 valence electrons. The maximum atomic E-state index is 13.1. The van der Waals surface area contributed by atoms with Crippen LogP contribution in [0, 0.1) is 0 Å². The maximum Gasteiger partial charge on any atom is 0.472 e. The van der Waals surface area contributed by atoms with Gasteiger partial charge in [0.2, 0.25) is 0 Å². The zero-order valence-electron chi connectivity index (χ0n) is 60.1. The quantitative estimate of drug-likeness (QED) is 0.0169. The Morgan fingerprint density at radius 2 is 0.531 bits per heavy atom. The van der Waals surface area contributed by atoms with Gasteiger partial charge in [0.1, 0.15) is 19.3 Å². The van der Waals surface area contributed by atoms with Crippen LogP contribution in [0.3, 0.4) is 0 Å². The Morgan fingerprint density at radius 1 is 0.296 bits per heavy atom. The first-order chi connectivity index (χ1) is 47.7. The zero-order valence-corrected chi connectivity index (χ0v) is 61.9. The Kier molecular flexibility index (Phi) is 65.9. The van der Waals surface area contributed by atoms with Crippen molar-refractivity contribution in [1.29, 1.82) is 0 Å². The standard InChI is InChI=1S/C79H126O17P2/c1-5-9-13-17-21-25-29-33-36-40-43-47-51-55-59-63-76(81)89-69-74(95-78(83)65-61-57-53-49-45-39-32-28-24-20-16-12-8-4)71-93-97(85,86)91-67-73(80)68-92-98(87,88)94-72-75(96-79(84)66-62-58-54-50-46-42-38-35-31-27-23-19-15-11-7-3)70-90-77(82)64-60-56-52-48-44-41-37-34-30-26-22-18-14-10-6-2/h9-11,13-16,20-23,25-28,32-38,43-44,46-48,50,73-75,80H,5-8,12,17-19,24,29-31,39-42,45,49,51-72H2,1-4H3,(H,85,86)(H,87,88)/b13-9-,14-10-,15-11-,20-16-,25-21-,26-22-,27-23-,32-28-,36-33-,37-34-,38-35-,47-43-,48-44-,50-46-. The molecular weight excluding hydrogens is 1280 g/mol. The van der Waals surface area contributed by atoms with Crippen LogP contribution in [0.4, 0.5) is 0 Å². The average Bonchev–Trinajstić information content (AvgIpc) is 1.04. The third-order valence-corrected chi connectivity index (χ3v) is 16.0. The number of aliphatic hydroxyl groups excluding tert-OH is 1. The van der Waals surface area contributed by atoms with Gasteiger partial charge in [-0.05, 0) is 167 Å². The minimum absolute atomic E-state index is 0.0258. The number of carbonyl (C=O) groups is 4. The zero-order chi connectivity index (χ0) is 71.8. The molecule has 0 aromatic carbocycles. The summed E-state index contributed by atoms with van der Waals surface area (Å²) >= 11 is 0. The van der Waals surface area contributed by atoms with Gasteiger partial charge in [-0.2, -0.15) is 0 Å². The van der Waals surface area contributed by atoms with Gasteiger partial charge < -0.3 is 33.8 Å². The summed E-state index contributed by atoms with van der Waals surface area (Å²) in [5.74, 6) is -2.36. The Morgan fingerprint density at radius 3 is 0.837 bits per heavy atom. The number of ether oxygens (including phenoxy) is 4. The number of hydrogen-bond acceptors (Lipinski definition) is 15. The molecular formula is C79H126O17P2. The van der Waals surface area contributed by atoms with Crippen LogP contribution < -0.4 is 0 Å². The molecule has 0 bridgehead atoms. The molecule has 0 aliphatic rings. The number of allylic oxidation sites excluding steroid dienone is 28. The van der Waals surface area contributed by atoms with Gasteiger partial charge in [-0.25, -0.2) is 9.13 Å². The molecule has 0 aromatic heterocycles. The summed E-state index contributed by atoms with van der Waals surface area (Å²) < 4.78 is 68.2. The van der Waals surface area contributed by atoms with Gasteiger partial charge in [0.05, 0.1) is 26.4 Å². The summed E-state index contributed by atoms with van der Waals surface area (Å²) in [4.78, 5) is 72.7. The van der Waals surface area contributed by atoms with Gasteiger partial charge >= 0.3 is 39.5 Å². The van der Waals surface area contributed by atoms with Crippen molar-refractivity contribution in [3.63, 3.8) is 0 Å². The SMILES string of the molecule is CC/C=C\C/C=C\C/C=C\C/C=C\CCCCC(=O)OCC(COP(=O)(O)OCC(O)COP(=O)(O)OCC(COC(=O)CCCC/C=C\C/C=C\C/C=C\C/C=C\CC)OC(=O)CCCCCCC/C=C\C/C=C\CCC)OC(=O)CCCC/C=C\C/C=C\C/C=C\C/C=C\CC. The van der Waals surface area contributed by atoms with E-state index in [0.717, 1.165) is 161 Å². The third kappa shape index (κ3) is 68.9. The summed E-state index contributed by atoms with van der Waals surface area (Å²) in [5.41, 5.74) is 0. The van der Waals surface area contributed by atoms with Gasteiger partial charge in [0, 0.05) is 25.7 Å². The fourth-order valence-electron chi connectivity index (χ4n) is 8.70. The first-order valence-corrected chi connectivity index (χ1v) is 39.4. The number of phosphoric acid groups is 2. The monoisotopic (exact) mass is 1410 g/mol. The second-order valence-electron chi connectivity index (χ2n) is 23.4. The van der Waals surface area contributed by atoms with Crippen LogP contribution in [0.15, 0.2) is 170 Å². The van der Waals surface area contributed by atoms with E-state index in [0.29, 0.717) is 32.1 Å². The Hall–Kier alpha value is -5.58. The lowest BCUT2D eigenvalue weighted by Crippen LogP contribution is -2.30. The predicted molar refractivity (Wildman–Crippen MR) is 399 cm³/mol. The Bertz CT molecular complexity index is 2530. The molecule has 0 aromatic rings. The van der Waals surface area contributed by atoms with Crippen molar-refractivity contribution in [2.75, 3.05) is 39.6 Å². The second kappa shape index (κ2) is 69.9. The van der Waals surface area contributed by atoms with Gasteiger partial charge in [-0.1, -0.05) is 224 Å². The van der Waals surface area contributed by atoms with Crippen LogP contribution in [0.2, 0.25) is 0 Å². The van der Waals surface area contributed by atoms with Gasteiger partial charge in [0.15, 0.2) is 12.2 Å². The minimum Gasteiger partial charge on any atom is -0.462 e. The lowest BCUT2D eigenvalue weighted by Gasteiger charge is -2.21. The molecule has 5 atom stereocenters. The number of carbonyl (C=O) groups excluding carboxylic acids is 4. The van der Waals surface area contributed by atoms with Crippen molar-refractivity contribution < 1.29 is 80.2 Å². The largest absolute Gasteiger partial charge is 0.472 e. The van der Waals surface area contributed by atoms with Gasteiger partial charge in [-0.15, -0.1) is 0 Å². The highest BCUT2D eigenvalue weighted by Crippen LogP contribution is 2.45. The fourth-order valence-corrected chi connectivity index (χ4v) is 10.3. The number of unbranched alkanes of at least 4 members (excludes halogenated alkanes) is 12. The molecule has 0 aliphatic carbocycles. The average molecular weight is 1410 g/mol. The molecule has 0 spiro atoms. The molecule has 3 N–H and O–H groups in total. The van der Waals surface area contributed by atoms with Crippen LogP contribution in [-0.4, -0.2) is 96.7 Å². The van der Waals surface area contributed by atoms with Crippen LogP contribution in [-0.2, 0) is 65.4 Å². The first kappa shape index (κ1) is 92.4. The van der Waals surface area contributed by atoms with Crippen molar-refractivity contribution in [3.8, 4) is 0 Å². The fraction of sp³-hybridized carbons (Fsp3) is 0.595. The van der Waals surface area contributed by atoms with E-state index in [9.17, 15) is 43.2 Å². The van der Waals surface area contributed by atoms with Gasteiger partial charge in [-0.3, -0.25) is 37.3 Å². The number of aliphatic hydroxyl groups is 1. The van der Waals surface area contributed by atoms with Crippen molar-refractivity contribution in [3.05, 3.63) is 170 Å². The molecule has 5 unspecified atom stereocenters. The highest BCUT2D eigenvalue weighted by atomic mass is 31.2. The maximum absolute atomic E-state index is 13.1. The number of esters is 4. The summed E-state index contributed by atoms with van der Waals surface area (Å²) in [6.45, 7) is 4.25. The molecule has 0 rings (SSSR count). The molecule has 0 saturated carbocycles. The third-order valence-electron chi connectivity index (χ3n) is 14.1. The van der Waals surface area contributed by atoms with Crippen molar-refractivity contribution >= 4 is 39.5 Å². The van der Waals surface area contributed by atoms with Crippen molar-refractivity contribution in [2.24, 2.45) is 0 Å². The lowest BCUT2D eigenvalue weighted by molar-refractivity contribution is -0.161. The summed E-state index contributed by atoms with van der Waals surface area (Å²) in [6.07, 6.45) is 80.9. The highest BCUT2D eigenvalue weighted by Gasteiger charge is 2.30. The second-order valence-corrected chi connectivity index (χ2v) is 26.3.